The van der Waals surface area contributed by atoms with Gasteiger partial charge < -0.3 is 14.4 Å². The number of carbonyl (C=O) groups is 2. The standard InChI is InChI=1S/C28H24ClF2N5O3S/c1-28(30,31)21-16-19(7-8-23(21)34-40(39)24-6-2-4-18-5-3-10-33-25(18)24)26(37)35-12-14-36(15-13-35)27(38)20-9-11-32-17-22(20)29/h2-11,16-17,34H,12-15H2,1H3. The van der Waals surface area contributed by atoms with Gasteiger partial charge in [-0.2, -0.15) is 0 Å². The van der Waals surface area contributed by atoms with E-state index in [-0.39, 0.29) is 48.4 Å². The van der Waals surface area contributed by atoms with Gasteiger partial charge in [0, 0.05) is 68.2 Å². The molecule has 1 fully saturated rings. The van der Waals surface area contributed by atoms with E-state index in [1.807, 2.05) is 12.1 Å². The van der Waals surface area contributed by atoms with Crippen LogP contribution in [0, 0.1) is 0 Å². The molecule has 2 aromatic heterocycles. The van der Waals surface area contributed by atoms with Gasteiger partial charge in [-0.15, -0.1) is 0 Å². The largest absolute Gasteiger partial charge is 0.588 e. The molecule has 0 spiro atoms. The number of hydrogen-bond acceptors (Lipinski definition) is 6. The molecule has 0 radical (unpaired) electrons. The van der Waals surface area contributed by atoms with E-state index in [1.165, 1.54) is 35.5 Å². The van der Waals surface area contributed by atoms with Gasteiger partial charge in [0.15, 0.2) is 0 Å². The monoisotopic (exact) mass is 583 g/mol. The highest BCUT2D eigenvalue weighted by Crippen LogP contribution is 2.36. The zero-order chi connectivity index (χ0) is 28.4. The average Bonchev–Trinajstić information content (AvgIpc) is 2.96. The number of fused-ring (bicyclic) bond motifs is 1. The van der Waals surface area contributed by atoms with Crippen molar-refractivity contribution in [3.05, 3.63) is 94.9 Å². The predicted molar refractivity (Wildman–Crippen MR) is 149 cm³/mol. The van der Waals surface area contributed by atoms with Gasteiger partial charge in [-0.3, -0.25) is 19.6 Å². The second-order valence-corrected chi connectivity index (χ2v) is 10.9. The smallest absolute Gasteiger partial charge is 0.272 e. The zero-order valence-corrected chi connectivity index (χ0v) is 22.9. The number of rotatable bonds is 6. The van der Waals surface area contributed by atoms with Gasteiger partial charge in [0.25, 0.3) is 17.7 Å². The Balaban J connectivity index is 1.32. The van der Waals surface area contributed by atoms with E-state index in [2.05, 4.69) is 14.7 Å². The lowest BCUT2D eigenvalue weighted by atomic mass is 10.0. The first-order valence-electron chi connectivity index (χ1n) is 12.4. The first-order valence-corrected chi connectivity index (χ1v) is 13.9. The van der Waals surface area contributed by atoms with Gasteiger partial charge in [-0.05, 0) is 36.4 Å². The van der Waals surface area contributed by atoms with Gasteiger partial charge >= 0.3 is 0 Å². The van der Waals surface area contributed by atoms with E-state index < -0.39 is 28.8 Å². The van der Waals surface area contributed by atoms with Crippen molar-refractivity contribution < 1.29 is 22.9 Å². The highest BCUT2D eigenvalue weighted by Gasteiger charge is 2.33. The third kappa shape index (κ3) is 5.72. The maximum absolute atomic E-state index is 14.7. The van der Waals surface area contributed by atoms with Crippen molar-refractivity contribution in [1.82, 2.24) is 19.8 Å². The summed E-state index contributed by atoms with van der Waals surface area (Å²) in [6, 6.07) is 14.1. The fourth-order valence-corrected chi connectivity index (χ4v) is 5.76. The maximum atomic E-state index is 14.7. The number of alkyl halides is 2. The molecule has 40 heavy (non-hydrogen) atoms. The lowest BCUT2D eigenvalue weighted by Crippen LogP contribution is -2.50. The Labute approximate surface area is 237 Å². The lowest BCUT2D eigenvalue weighted by molar-refractivity contribution is 0.0182. The van der Waals surface area contributed by atoms with E-state index in [9.17, 15) is 22.9 Å². The first-order chi connectivity index (χ1) is 19.1. The number of anilines is 1. The van der Waals surface area contributed by atoms with Gasteiger partial charge in [0.2, 0.25) is 4.90 Å². The molecule has 1 unspecified atom stereocenters. The molecule has 0 saturated carbocycles. The number of amides is 2. The molecular weight excluding hydrogens is 560 g/mol. The van der Waals surface area contributed by atoms with Crippen LogP contribution in [-0.2, 0) is 17.3 Å². The van der Waals surface area contributed by atoms with Crippen LogP contribution in [0.1, 0.15) is 33.2 Å². The van der Waals surface area contributed by atoms with Gasteiger partial charge in [0.1, 0.15) is 16.9 Å². The third-order valence-electron chi connectivity index (χ3n) is 6.59. The minimum absolute atomic E-state index is 0.0556. The number of nitrogens with zero attached hydrogens (tertiary/aromatic N) is 4. The number of halogens is 3. The summed E-state index contributed by atoms with van der Waals surface area (Å²) in [5.74, 6) is -4.03. The topological polar surface area (TPSA) is 101 Å². The molecule has 3 heterocycles. The zero-order valence-electron chi connectivity index (χ0n) is 21.3. The van der Waals surface area contributed by atoms with Crippen molar-refractivity contribution in [2.24, 2.45) is 0 Å². The minimum atomic E-state index is -3.32. The molecule has 8 nitrogen and oxygen atoms in total. The molecular formula is C28H24ClF2N5O3S. The number of benzene rings is 2. The van der Waals surface area contributed by atoms with Crippen LogP contribution in [0.15, 0.2) is 78.1 Å². The molecule has 1 saturated heterocycles. The molecule has 1 atom stereocenters. The molecule has 1 aliphatic rings. The molecule has 0 aliphatic carbocycles. The number of carbonyl (C=O) groups excluding carboxylic acids is 2. The second-order valence-electron chi connectivity index (χ2n) is 9.29. The number of nitrogens with one attached hydrogen (secondary N) is 1. The highest BCUT2D eigenvalue weighted by molar-refractivity contribution is 7.93. The molecule has 0 bridgehead atoms. The van der Waals surface area contributed by atoms with E-state index in [0.717, 1.165) is 18.4 Å². The Morgan fingerprint density at radius 1 is 1.00 bits per heavy atom. The fourth-order valence-electron chi connectivity index (χ4n) is 4.52. The SMILES string of the molecule is CC(F)(F)c1cc(C(=O)N2CCN(C(=O)c3ccncc3Cl)CC2)ccc1N[S+]([O-])c1cccc2cccnc12. The second kappa shape index (κ2) is 11.4. The molecule has 2 aromatic carbocycles. The molecule has 1 N–H and O–H groups in total. The summed E-state index contributed by atoms with van der Waals surface area (Å²) in [5, 5.41) is 1.01. The van der Waals surface area contributed by atoms with Crippen molar-refractivity contribution in [2.75, 3.05) is 30.9 Å². The average molecular weight is 584 g/mol. The molecule has 12 heteroatoms. The molecule has 206 valence electrons. The van der Waals surface area contributed by atoms with Crippen LogP contribution < -0.4 is 4.72 Å². The normalized spacial score (nSPS) is 14.7. The Bertz CT molecular complexity index is 1570. The van der Waals surface area contributed by atoms with Crippen LogP contribution in [0.4, 0.5) is 14.5 Å². The molecule has 1 aliphatic heterocycles. The van der Waals surface area contributed by atoms with Crippen LogP contribution in [0.2, 0.25) is 5.02 Å². The van der Waals surface area contributed by atoms with Crippen LogP contribution in [-0.4, -0.2) is 62.3 Å². The molecule has 4 aromatic rings. The van der Waals surface area contributed by atoms with E-state index >= 15 is 0 Å². The molecule has 5 rings (SSSR count). The van der Waals surface area contributed by atoms with Gasteiger partial charge in [0.05, 0.1) is 16.3 Å². The van der Waals surface area contributed by atoms with Crippen molar-refractivity contribution in [1.29, 1.82) is 0 Å². The summed E-state index contributed by atoms with van der Waals surface area (Å²) in [7, 11) is 0. The van der Waals surface area contributed by atoms with Crippen molar-refractivity contribution in [3.63, 3.8) is 0 Å². The predicted octanol–water partition coefficient (Wildman–Crippen LogP) is 5.13. The van der Waals surface area contributed by atoms with E-state index in [4.69, 9.17) is 11.6 Å². The van der Waals surface area contributed by atoms with Crippen molar-refractivity contribution in [2.45, 2.75) is 17.7 Å². The summed E-state index contributed by atoms with van der Waals surface area (Å²) in [6.45, 7) is 1.70. The first kappa shape index (κ1) is 27.8. The Hall–Kier alpha value is -3.80. The quantitative estimate of drug-likeness (QED) is 0.316. The number of hydrogen-bond donors (Lipinski definition) is 1. The Kier molecular flexibility index (Phi) is 7.88. The number of pyridine rings is 2. The highest BCUT2D eigenvalue weighted by atomic mass is 35.5. The summed E-state index contributed by atoms with van der Waals surface area (Å²) >= 11 is 4.20. The van der Waals surface area contributed by atoms with Crippen LogP contribution in [0.3, 0.4) is 0 Å². The van der Waals surface area contributed by atoms with Gasteiger partial charge in [-0.1, -0.05) is 29.8 Å². The number of para-hydroxylation sites is 1. The summed E-state index contributed by atoms with van der Waals surface area (Å²) < 4.78 is 45.3. The van der Waals surface area contributed by atoms with Gasteiger partial charge in [-0.25, -0.2) is 13.5 Å². The molecule has 2 amide bonds. The summed E-state index contributed by atoms with van der Waals surface area (Å²) in [6.07, 6.45) is 4.44. The minimum Gasteiger partial charge on any atom is -0.588 e. The van der Waals surface area contributed by atoms with Crippen LogP contribution in [0.25, 0.3) is 10.9 Å². The summed E-state index contributed by atoms with van der Waals surface area (Å²) in [5.41, 5.74) is 0.375. The fraction of sp³-hybridized carbons (Fsp3) is 0.214. The van der Waals surface area contributed by atoms with Crippen LogP contribution in [0.5, 0.6) is 0 Å². The van der Waals surface area contributed by atoms with Crippen molar-refractivity contribution in [3.8, 4) is 0 Å². The van der Waals surface area contributed by atoms with Crippen LogP contribution >= 0.6 is 11.6 Å². The van der Waals surface area contributed by atoms with E-state index in [1.54, 1.807) is 29.3 Å². The Morgan fingerprint density at radius 2 is 1.70 bits per heavy atom. The maximum Gasteiger partial charge on any atom is 0.272 e. The lowest BCUT2D eigenvalue weighted by Gasteiger charge is -2.35. The number of piperazine rings is 1. The number of aromatic nitrogens is 2. The third-order valence-corrected chi connectivity index (χ3v) is 8.03. The van der Waals surface area contributed by atoms with Crippen molar-refractivity contribution >= 4 is 51.4 Å². The summed E-state index contributed by atoms with van der Waals surface area (Å²) in [4.78, 5) is 37.7. The Morgan fingerprint density at radius 3 is 2.40 bits per heavy atom. The van der Waals surface area contributed by atoms with E-state index in [0.29, 0.717) is 16.0 Å².